The molecule has 0 rings (SSSR count). The highest BCUT2D eigenvalue weighted by atomic mass is 28.4. The number of hydrogen-bond donors (Lipinski definition) is 0. The summed E-state index contributed by atoms with van der Waals surface area (Å²) < 4.78 is 10.5. The fourth-order valence-electron chi connectivity index (χ4n) is 1.50. The number of carbonyl (C=O) groups is 1. The highest BCUT2D eigenvalue weighted by Crippen LogP contribution is 2.17. The van der Waals surface area contributed by atoms with Crippen LogP contribution in [0.5, 0.6) is 0 Å². The first-order valence-corrected chi connectivity index (χ1v) is 9.57. The monoisotopic (exact) mass is 268 g/mol. The topological polar surface area (TPSA) is 35.5 Å². The molecule has 0 fully saturated rings. The predicted molar refractivity (Wildman–Crippen MR) is 76.6 cm³/mol. The van der Waals surface area contributed by atoms with Crippen LogP contribution in [0.25, 0.3) is 0 Å². The van der Waals surface area contributed by atoms with Crippen molar-refractivity contribution in [2.45, 2.75) is 45.5 Å². The van der Waals surface area contributed by atoms with E-state index in [0.717, 1.165) is 12.8 Å². The third-order valence-electron chi connectivity index (χ3n) is 2.20. The lowest BCUT2D eigenvalue weighted by atomic mass is 10.0. The molecule has 102 valence electrons. The number of allylic oxidation sites excluding steroid dienone is 1. The Morgan fingerprint density at radius 1 is 1.44 bits per heavy atom. The summed E-state index contributed by atoms with van der Waals surface area (Å²) in [5.41, 5.74) is 0. The summed E-state index contributed by atoms with van der Waals surface area (Å²) in [7, 11) is -0.348. The molecule has 0 aliphatic carbocycles. The Labute approximate surface area is 112 Å². The quantitative estimate of drug-likeness (QED) is 0.244. The van der Waals surface area contributed by atoms with Gasteiger partial charge in [-0.05, 0) is 38.4 Å². The van der Waals surface area contributed by atoms with E-state index in [1.165, 1.54) is 7.11 Å². The van der Waals surface area contributed by atoms with Gasteiger partial charge in [0.1, 0.15) is 6.10 Å². The Balaban J connectivity index is 4.65. The zero-order valence-corrected chi connectivity index (χ0v) is 13.1. The van der Waals surface area contributed by atoms with Crippen molar-refractivity contribution in [1.82, 2.24) is 0 Å². The van der Waals surface area contributed by atoms with Gasteiger partial charge in [0.25, 0.3) is 0 Å². The van der Waals surface area contributed by atoms with Crippen LogP contribution < -0.4 is 0 Å². The molecule has 0 aliphatic heterocycles. The highest BCUT2D eigenvalue weighted by molar-refractivity contribution is 6.69. The van der Waals surface area contributed by atoms with Crippen LogP contribution in [0.15, 0.2) is 12.7 Å². The van der Waals surface area contributed by atoms with Gasteiger partial charge in [-0.1, -0.05) is 18.9 Å². The van der Waals surface area contributed by atoms with Crippen molar-refractivity contribution in [2.75, 3.05) is 7.11 Å². The molecule has 0 aromatic rings. The minimum absolute atomic E-state index is 0.203. The minimum atomic E-state index is -1.67. The maximum atomic E-state index is 11.0. The van der Waals surface area contributed by atoms with Gasteiger partial charge in [0.15, 0.2) is 8.32 Å². The Morgan fingerprint density at radius 2 is 2.06 bits per heavy atom. The summed E-state index contributed by atoms with van der Waals surface area (Å²) in [5.74, 6) is 5.26. The zero-order valence-electron chi connectivity index (χ0n) is 12.1. The second kappa shape index (κ2) is 8.12. The fourth-order valence-corrected chi connectivity index (χ4v) is 2.51. The standard InChI is InChI=1S/C14H24O3Si/c1-7-8-12(2)11-13(17-18(4,5)6)9-10-14(15)16-3/h7,12-13H,1,8,11H2,2-6H3/t12-,13+/m1/s1. The Hall–Kier alpha value is -1.05. The summed E-state index contributed by atoms with van der Waals surface area (Å²) in [4.78, 5) is 11.0. The van der Waals surface area contributed by atoms with E-state index in [1.807, 2.05) is 6.08 Å². The second-order valence-electron chi connectivity index (χ2n) is 5.35. The number of rotatable bonds is 6. The summed E-state index contributed by atoms with van der Waals surface area (Å²) in [6.07, 6.45) is 3.42. The van der Waals surface area contributed by atoms with Crippen molar-refractivity contribution < 1.29 is 14.0 Å². The summed E-state index contributed by atoms with van der Waals surface area (Å²) >= 11 is 0. The van der Waals surface area contributed by atoms with E-state index < -0.39 is 14.3 Å². The molecule has 0 heterocycles. The Kier molecular flexibility index (Phi) is 7.64. The molecule has 0 bridgehead atoms. The fraction of sp³-hybridized carbons (Fsp3) is 0.643. The van der Waals surface area contributed by atoms with Gasteiger partial charge in [-0.3, -0.25) is 0 Å². The van der Waals surface area contributed by atoms with Crippen molar-refractivity contribution in [2.24, 2.45) is 5.92 Å². The zero-order chi connectivity index (χ0) is 14.2. The molecule has 0 N–H and O–H groups in total. The van der Waals surface area contributed by atoms with Crippen LogP contribution in [-0.2, 0) is 14.0 Å². The molecular weight excluding hydrogens is 244 g/mol. The molecule has 0 unspecified atom stereocenters. The van der Waals surface area contributed by atoms with E-state index in [2.05, 4.69) is 49.7 Å². The van der Waals surface area contributed by atoms with Gasteiger partial charge in [-0.15, -0.1) is 6.58 Å². The number of ether oxygens (including phenoxy) is 1. The largest absolute Gasteiger partial charge is 0.459 e. The van der Waals surface area contributed by atoms with Crippen LogP contribution in [0.3, 0.4) is 0 Å². The molecule has 0 saturated heterocycles. The van der Waals surface area contributed by atoms with Crippen molar-refractivity contribution in [3.63, 3.8) is 0 Å². The minimum Gasteiger partial charge on any atom is -0.459 e. The van der Waals surface area contributed by atoms with E-state index >= 15 is 0 Å². The Morgan fingerprint density at radius 3 is 2.50 bits per heavy atom. The lowest BCUT2D eigenvalue weighted by molar-refractivity contribution is -0.133. The molecule has 0 amide bonds. The van der Waals surface area contributed by atoms with E-state index in [9.17, 15) is 4.79 Å². The molecule has 18 heavy (non-hydrogen) atoms. The van der Waals surface area contributed by atoms with Gasteiger partial charge in [-0.25, -0.2) is 4.79 Å². The molecule has 0 aromatic carbocycles. The molecule has 0 aliphatic rings. The summed E-state index contributed by atoms with van der Waals surface area (Å²) in [5, 5.41) is 0. The van der Waals surface area contributed by atoms with Crippen LogP contribution in [0.4, 0.5) is 0 Å². The predicted octanol–water partition coefficient (Wildman–Crippen LogP) is 2.99. The normalized spacial score (nSPS) is 14.1. The SMILES string of the molecule is C=CC[C@@H](C)C[C@H](C#CC(=O)OC)O[Si](C)(C)C. The Bertz CT molecular complexity index is 333. The van der Waals surface area contributed by atoms with Crippen LogP contribution in [0, 0.1) is 17.8 Å². The van der Waals surface area contributed by atoms with Gasteiger partial charge >= 0.3 is 5.97 Å². The van der Waals surface area contributed by atoms with E-state index in [-0.39, 0.29) is 6.10 Å². The lowest BCUT2D eigenvalue weighted by Gasteiger charge is -2.24. The number of hydrogen-bond acceptors (Lipinski definition) is 3. The van der Waals surface area contributed by atoms with Crippen LogP contribution in [-0.4, -0.2) is 27.5 Å². The van der Waals surface area contributed by atoms with E-state index in [4.69, 9.17) is 4.43 Å². The van der Waals surface area contributed by atoms with Gasteiger partial charge < -0.3 is 9.16 Å². The number of esters is 1. The van der Waals surface area contributed by atoms with Gasteiger partial charge in [0.05, 0.1) is 7.11 Å². The molecule has 2 atom stereocenters. The first-order chi connectivity index (χ1) is 8.28. The molecule has 3 nitrogen and oxygen atoms in total. The molecule has 0 spiro atoms. The summed E-state index contributed by atoms with van der Waals surface area (Å²) in [6, 6.07) is 0. The average molecular weight is 268 g/mol. The molecule has 0 saturated carbocycles. The molecule has 0 aromatic heterocycles. The van der Waals surface area contributed by atoms with E-state index in [0.29, 0.717) is 5.92 Å². The first-order valence-electron chi connectivity index (χ1n) is 6.16. The number of methoxy groups -OCH3 is 1. The van der Waals surface area contributed by atoms with Crippen LogP contribution >= 0.6 is 0 Å². The maximum Gasteiger partial charge on any atom is 0.384 e. The average Bonchev–Trinajstić information content (AvgIpc) is 2.23. The summed E-state index contributed by atoms with van der Waals surface area (Å²) in [6.45, 7) is 12.2. The first kappa shape index (κ1) is 16.9. The third kappa shape index (κ3) is 9.03. The smallest absolute Gasteiger partial charge is 0.384 e. The van der Waals surface area contributed by atoms with Gasteiger partial charge in [0, 0.05) is 5.92 Å². The van der Waals surface area contributed by atoms with Gasteiger partial charge in [0.2, 0.25) is 0 Å². The van der Waals surface area contributed by atoms with Crippen molar-refractivity contribution >= 4 is 14.3 Å². The second-order valence-corrected chi connectivity index (χ2v) is 9.81. The van der Waals surface area contributed by atoms with Crippen LogP contribution in [0.1, 0.15) is 19.8 Å². The van der Waals surface area contributed by atoms with Crippen molar-refractivity contribution in [3.05, 3.63) is 12.7 Å². The molecular formula is C14H24O3Si. The van der Waals surface area contributed by atoms with Gasteiger partial charge in [-0.2, -0.15) is 0 Å². The maximum absolute atomic E-state index is 11.0. The number of carbonyl (C=O) groups excluding carboxylic acids is 1. The molecule has 4 heteroatoms. The van der Waals surface area contributed by atoms with Crippen molar-refractivity contribution in [3.8, 4) is 11.8 Å². The van der Waals surface area contributed by atoms with E-state index in [1.54, 1.807) is 0 Å². The molecule has 0 radical (unpaired) electrons. The third-order valence-corrected chi connectivity index (χ3v) is 3.19. The van der Waals surface area contributed by atoms with Crippen LogP contribution in [0.2, 0.25) is 19.6 Å². The van der Waals surface area contributed by atoms with Crippen molar-refractivity contribution in [1.29, 1.82) is 0 Å². The highest BCUT2D eigenvalue weighted by Gasteiger charge is 2.21. The lowest BCUT2D eigenvalue weighted by Crippen LogP contribution is -2.32.